The first-order valence-electron chi connectivity index (χ1n) is 14.3. The number of likely N-dealkylation sites (tertiary alicyclic amines) is 1. The number of hydrogen-bond acceptors (Lipinski definition) is 9. The van der Waals surface area contributed by atoms with Crippen molar-refractivity contribution in [1.29, 1.82) is 0 Å². The summed E-state index contributed by atoms with van der Waals surface area (Å²) in [6.45, 7) is 8.37. The van der Waals surface area contributed by atoms with E-state index in [4.69, 9.17) is 19.3 Å². The molecule has 3 N–H and O–H groups in total. The molecule has 0 aliphatic carbocycles. The zero-order chi connectivity index (χ0) is 31.4. The summed E-state index contributed by atoms with van der Waals surface area (Å²) in [7, 11) is 0. The Bertz CT molecular complexity index is 1230. The third-order valence-electron chi connectivity index (χ3n) is 6.89. The number of ether oxygens (including phenoxy) is 3. The van der Waals surface area contributed by atoms with Gasteiger partial charge in [0.1, 0.15) is 25.3 Å². The summed E-state index contributed by atoms with van der Waals surface area (Å²) in [5, 5.41) is 14.3. The maximum atomic E-state index is 13.7. The van der Waals surface area contributed by atoms with E-state index >= 15 is 0 Å². The molecule has 0 spiro atoms. The van der Waals surface area contributed by atoms with Gasteiger partial charge < -0.3 is 34.9 Å². The van der Waals surface area contributed by atoms with Crippen LogP contribution in [0.1, 0.15) is 44.9 Å². The van der Waals surface area contributed by atoms with Gasteiger partial charge in [-0.2, -0.15) is 0 Å². The lowest BCUT2D eigenvalue weighted by molar-refractivity contribution is -0.144. The minimum atomic E-state index is -1.05. The molecule has 2 atom stereocenters. The van der Waals surface area contributed by atoms with E-state index in [0.717, 1.165) is 21.7 Å². The fraction of sp³-hybridized carbons (Fsp3) is 0.567. The number of carboxylic acids is 1. The van der Waals surface area contributed by atoms with Gasteiger partial charge in [-0.3, -0.25) is 14.4 Å². The number of nitrogens with one attached hydrogen (secondary N) is 2. The van der Waals surface area contributed by atoms with Crippen molar-refractivity contribution < 1.29 is 38.5 Å². The Balaban J connectivity index is 1.47. The van der Waals surface area contributed by atoms with Crippen LogP contribution in [0, 0.1) is 12.3 Å². The third-order valence-corrected chi connectivity index (χ3v) is 7.87. The molecule has 1 aliphatic rings. The van der Waals surface area contributed by atoms with E-state index in [9.17, 15) is 19.2 Å². The van der Waals surface area contributed by atoms with Crippen LogP contribution in [0.15, 0.2) is 29.8 Å². The van der Waals surface area contributed by atoms with Crippen molar-refractivity contribution >= 4 is 35.0 Å². The summed E-state index contributed by atoms with van der Waals surface area (Å²) >= 11 is 1.59. The summed E-state index contributed by atoms with van der Waals surface area (Å²) < 4.78 is 15.5. The largest absolute Gasteiger partial charge is 0.480 e. The van der Waals surface area contributed by atoms with E-state index in [1.54, 1.807) is 16.2 Å². The van der Waals surface area contributed by atoms with Crippen LogP contribution in [0.4, 0.5) is 0 Å². The molecular formula is C30H42N4O8S. The van der Waals surface area contributed by atoms with Crippen LogP contribution >= 0.6 is 11.3 Å². The maximum absolute atomic E-state index is 13.7. The number of hydrogen-bond donors (Lipinski definition) is 3. The molecule has 1 aromatic carbocycles. The van der Waals surface area contributed by atoms with Gasteiger partial charge in [0.15, 0.2) is 0 Å². The van der Waals surface area contributed by atoms with Gasteiger partial charge in [0.2, 0.25) is 17.7 Å². The zero-order valence-corrected chi connectivity index (χ0v) is 26.0. The lowest BCUT2D eigenvalue weighted by Crippen LogP contribution is -2.58. The first-order chi connectivity index (χ1) is 20.5. The summed E-state index contributed by atoms with van der Waals surface area (Å²) in [6.07, 6.45) is 1.25. The number of nitrogens with zero attached hydrogens (tertiary/aromatic N) is 2. The number of thiazole rings is 1. The van der Waals surface area contributed by atoms with E-state index in [1.165, 1.54) is 0 Å². The molecule has 0 radical (unpaired) electrons. The van der Waals surface area contributed by atoms with Crippen LogP contribution < -0.4 is 10.6 Å². The Labute approximate surface area is 256 Å². The highest BCUT2D eigenvalue weighted by Crippen LogP contribution is 2.28. The van der Waals surface area contributed by atoms with Crippen molar-refractivity contribution in [2.75, 3.05) is 46.2 Å². The molecule has 1 saturated heterocycles. The van der Waals surface area contributed by atoms with Gasteiger partial charge in [0.25, 0.3) is 0 Å². The van der Waals surface area contributed by atoms with Crippen LogP contribution in [0.2, 0.25) is 0 Å². The normalized spacial score (nSPS) is 15.7. The first-order valence-corrected chi connectivity index (χ1v) is 15.2. The molecular weight excluding hydrogens is 576 g/mol. The van der Waals surface area contributed by atoms with E-state index in [0.29, 0.717) is 25.9 Å². The van der Waals surface area contributed by atoms with Gasteiger partial charge in [-0.25, -0.2) is 9.78 Å². The topological polar surface area (TPSA) is 156 Å². The summed E-state index contributed by atoms with van der Waals surface area (Å²) in [4.78, 5) is 56.9. The Hall–Kier alpha value is -3.39. The SMILES string of the molecule is Cc1ncsc1-c1ccc(CNC(=O)C2CCCN2C(=O)C(NC(=O)COCCOCCOCC(=O)O)C(C)(C)C)cc1. The predicted molar refractivity (Wildman–Crippen MR) is 160 cm³/mol. The van der Waals surface area contributed by atoms with Gasteiger partial charge in [-0.15, -0.1) is 11.3 Å². The second kappa shape index (κ2) is 16.5. The van der Waals surface area contributed by atoms with Crippen molar-refractivity contribution in [1.82, 2.24) is 20.5 Å². The van der Waals surface area contributed by atoms with E-state index < -0.39 is 29.4 Å². The van der Waals surface area contributed by atoms with E-state index in [1.807, 2.05) is 57.5 Å². The Morgan fingerprint density at radius 3 is 2.30 bits per heavy atom. The molecule has 12 nitrogen and oxygen atoms in total. The second-order valence-electron chi connectivity index (χ2n) is 11.3. The fourth-order valence-corrected chi connectivity index (χ4v) is 5.45. The van der Waals surface area contributed by atoms with E-state index in [-0.39, 0.29) is 51.5 Å². The van der Waals surface area contributed by atoms with Gasteiger partial charge in [0.05, 0.1) is 42.5 Å². The molecule has 2 heterocycles. The fourth-order valence-electron chi connectivity index (χ4n) is 4.64. The predicted octanol–water partition coefficient (Wildman–Crippen LogP) is 2.39. The van der Waals surface area contributed by atoms with Crippen LogP contribution in [-0.2, 0) is 39.9 Å². The molecule has 2 unspecified atom stereocenters. The number of aryl methyl sites for hydroxylation is 1. The standard InChI is InChI=1S/C30H42N4O8S/c1-20-26(43-19-32-20)22-9-7-21(8-10-22)16-31-28(38)23-6-5-11-34(23)29(39)27(30(2,3)4)33-24(35)17-41-14-12-40-13-15-42-18-25(36)37/h7-10,19,23,27H,5-6,11-18H2,1-4H3,(H,31,38)(H,33,35)(H,36,37). The molecule has 3 amide bonds. The third kappa shape index (κ3) is 10.7. The number of rotatable bonds is 16. The van der Waals surface area contributed by atoms with Crippen LogP contribution in [0.3, 0.4) is 0 Å². The smallest absolute Gasteiger partial charge is 0.329 e. The van der Waals surface area contributed by atoms with Crippen molar-refractivity contribution in [2.24, 2.45) is 5.41 Å². The van der Waals surface area contributed by atoms with Crippen molar-refractivity contribution in [2.45, 2.75) is 59.2 Å². The Morgan fingerprint density at radius 2 is 1.70 bits per heavy atom. The van der Waals surface area contributed by atoms with Crippen LogP contribution in [-0.4, -0.2) is 97.0 Å². The molecule has 1 aromatic heterocycles. The molecule has 13 heteroatoms. The minimum Gasteiger partial charge on any atom is -0.480 e. The molecule has 236 valence electrons. The number of carbonyl (C=O) groups is 4. The molecule has 0 saturated carbocycles. The number of carbonyl (C=O) groups excluding carboxylic acids is 3. The average molecular weight is 619 g/mol. The van der Waals surface area contributed by atoms with E-state index in [2.05, 4.69) is 15.6 Å². The van der Waals surface area contributed by atoms with Gasteiger partial charge >= 0.3 is 5.97 Å². The lowest BCUT2D eigenvalue weighted by atomic mass is 9.85. The van der Waals surface area contributed by atoms with Crippen LogP contribution in [0.25, 0.3) is 10.4 Å². The zero-order valence-electron chi connectivity index (χ0n) is 25.2. The number of benzene rings is 1. The molecule has 0 bridgehead atoms. The van der Waals surface area contributed by atoms with Gasteiger partial charge in [-0.1, -0.05) is 45.0 Å². The minimum absolute atomic E-state index is 0.137. The molecule has 1 fully saturated rings. The number of carboxylic acid groups (broad SMARTS) is 1. The molecule has 2 aromatic rings. The quantitative estimate of drug-likeness (QED) is 0.240. The lowest BCUT2D eigenvalue weighted by Gasteiger charge is -2.35. The number of aliphatic carboxylic acids is 1. The monoisotopic (exact) mass is 618 g/mol. The Kier molecular flexibility index (Phi) is 13.1. The summed E-state index contributed by atoms with van der Waals surface area (Å²) in [5.74, 6) is -2.02. The number of aromatic nitrogens is 1. The highest BCUT2D eigenvalue weighted by Gasteiger charge is 2.41. The molecule has 1 aliphatic heterocycles. The summed E-state index contributed by atoms with van der Waals surface area (Å²) in [5.41, 5.74) is 4.23. The average Bonchev–Trinajstić information content (AvgIpc) is 3.62. The van der Waals surface area contributed by atoms with Gasteiger partial charge in [0, 0.05) is 13.1 Å². The number of amides is 3. The molecule has 3 rings (SSSR count). The highest BCUT2D eigenvalue weighted by molar-refractivity contribution is 7.13. The molecule has 43 heavy (non-hydrogen) atoms. The Morgan fingerprint density at radius 1 is 1.05 bits per heavy atom. The maximum Gasteiger partial charge on any atom is 0.329 e. The van der Waals surface area contributed by atoms with Crippen molar-refractivity contribution in [3.63, 3.8) is 0 Å². The van der Waals surface area contributed by atoms with Crippen molar-refractivity contribution in [3.05, 3.63) is 41.0 Å². The van der Waals surface area contributed by atoms with Gasteiger partial charge in [-0.05, 0) is 36.3 Å². The highest BCUT2D eigenvalue weighted by atomic mass is 32.1. The van der Waals surface area contributed by atoms with Crippen LogP contribution in [0.5, 0.6) is 0 Å². The van der Waals surface area contributed by atoms with Crippen molar-refractivity contribution in [3.8, 4) is 10.4 Å². The summed E-state index contributed by atoms with van der Waals surface area (Å²) in [6, 6.07) is 6.52. The first kappa shape index (κ1) is 34.1. The second-order valence-corrected chi connectivity index (χ2v) is 12.2.